The minimum absolute atomic E-state index is 0.337. The van der Waals surface area contributed by atoms with Gasteiger partial charge in [-0.2, -0.15) is 17.4 Å². The van der Waals surface area contributed by atoms with E-state index in [9.17, 15) is 17.6 Å². The Hall–Kier alpha value is -1.12. The highest BCUT2D eigenvalue weighted by atomic mass is 32.2. The van der Waals surface area contributed by atoms with Crippen molar-refractivity contribution in [3.05, 3.63) is 30.1 Å². The van der Waals surface area contributed by atoms with Crippen LogP contribution in [0.5, 0.6) is 0 Å². The Morgan fingerprint density at radius 2 is 2.05 bits per heavy atom. The summed E-state index contributed by atoms with van der Waals surface area (Å²) in [6.45, 7) is 2.92. The van der Waals surface area contributed by atoms with Crippen LogP contribution in [0.25, 0.3) is 0 Å². The van der Waals surface area contributed by atoms with E-state index in [0.717, 1.165) is 12.1 Å². The molecule has 1 aromatic carbocycles. The summed E-state index contributed by atoms with van der Waals surface area (Å²) in [5, 5.41) is 9.02. The van der Waals surface area contributed by atoms with Crippen molar-refractivity contribution in [1.29, 1.82) is 0 Å². The van der Waals surface area contributed by atoms with Crippen molar-refractivity contribution in [2.45, 2.75) is 29.5 Å². The molecule has 0 aliphatic heterocycles. The molecule has 1 aromatic rings. The molecule has 0 saturated carbocycles. The summed E-state index contributed by atoms with van der Waals surface area (Å²) < 4.78 is 37.8. The first kappa shape index (κ1) is 15.9. The Morgan fingerprint density at radius 1 is 1.47 bits per heavy atom. The Bertz CT molecular complexity index is 581. The van der Waals surface area contributed by atoms with Crippen molar-refractivity contribution >= 4 is 28.6 Å². The molecule has 0 aliphatic carbocycles. The first-order valence-corrected chi connectivity index (χ1v) is 7.20. The van der Waals surface area contributed by atoms with Gasteiger partial charge in [-0.3, -0.25) is 4.79 Å². The van der Waals surface area contributed by atoms with Crippen LogP contribution in [-0.4, -0.2) is 30.3 Å². The lowest BCUT2D eigenvalue weighted by molar-refractivity contribution is -0.139. The maximum Gasteiger partial charge on any atom is 0.323 e. The van der Waals surface area contributed by atoms with E-state index >= 15 is 0 Å². The zero-order valence-corrected chi connectivity index (χ0v) is 12.0. The van der Waals surface area contributed by atoms with Crippen molar-refractivity contribution in [3.63, 3.8) is 0 Å². The van der Waals surface area contributed by atoms with Gasteiger partial charge in [0.2, 0.25) is 10.0 Å². The highest BCUT2D eigenvalue weighted by Crippen LogP contribution is 2.20. The lowest BCUT2D eigenvalue weighted by atomic mass is 10.1. The molecular formula is C11H14FNO4S2. The van der Waals surface area contributed by atoms with E-state index in [0.29, 0.717) is 0 Å². The van der Waals surface area contributed by atoms with E-state index in [-0.39, 0.29) is 4.90 Å². The normalized spacial score (nSPS) is 14.1. The molecule has 1 atom stereocenters. The largest absolute Gasteiger partial charge is 0.480 e. The van der Waals surface area contributed by atoms with Crippen LogP contribution in [0.2, 0.25) is 0 Å². The summed E-state index contributed by atoms with van der Waals surface area (Å²) >= 11 is 4.05. The summed E-state index contributed by atoms with van der Waals surface area (Å²) in [6, 6.07) is 2.87. The molecule has 0 fully saturated rings. The molecule has 0 spiro atoms. The predicted molar refractivity (Wildman–Crippen MR) is 71.2 cm³/mol. The van der Waals surface area contributed by atoms with Gasteiger partial charge in [-0.05, 0) is 32.0 Å². The van der Waals surface area contributed by atoms with Gasteiger partial charge in [-0.25, -0.2) is 12.8 Å². The van der Waals surface area contributed by atoms with Gasteiger partial charge in [0.1, 0.15) is 11.9 Å². The van der Waals surface area contributed by atoms with Gasteiger partial charge >= 0.3 is 5.97 Å². The maximum atomic E-state index is 13.0. The number of hydrogen-bond donors (Lipinski definition) is 3. The van der Waals surface area contributed by atoms with Crippen molar-refractivity contribution in [3.8, 4) is 0 Å². The maximum absolute atomic E-state index is 13.0. The number of carboxylic acid groups (broad SMARTS) is 1. The van der Waals surface area contributed by atoms with Crippen LogP contribution < -0.4 is 4.72 Å². The summed E-state index contributed by atoms with van der Waals surface area (Å²) in [7, 11) is -4.13. The summed E-state index contributed by atoms with van der Waals surface area (Å²) in [5.74, 6) is -2.08. The summed E-state index contributed by atoms with van der Waals surface area (Å²) in [6.07, 6.45) is 0. The first-order chi connectivity index (χ1) is 8.54. The summed E-state index contributed by atoms with van der Waals surface area (Å²) in [5.41, 5.74) is 0. The number of nitrogens with one attached hydrogen (secondary N) is 1. The van der Waals surface area contributed by atoms with Crippen LogP contribution >= 0.6 is 12.6 Å². The Kier molecular flexibility index (Phi) is 4.59. The van der Waals surface area contributed by atoms with Crippen LogP contribution in [-0.2, 0) is 14.8 Å². The minimum atomic E-state index is -4.13. The van der Waals surface area contributed by atoms with Crippen molar-refractivity contribution in [1.82, 2.24) is 4.72 Å². The first-order valence-electron chi connectivity index (χ1n) is 5.27. The average molecular weight is 307 g/mol. The Balaban J connectivity index is 3.12. The number of hydrogen-bond acceptors (Lipinski definition) is 4. The Morgan fingerprint density at radius 3 is 2.47 bits per heavy atom. The SMILES string of the molecule is CC(C)(S)C(NS(=O)(=O)c1cccc(F)c1)C(=O)O. The molecule has 0 aliphatic rings. The zero-order valence-electron chi connectivity index (χ0n) is 10.3. The zero-order chi connectivity index (χ0) is 14.8. The third-order valence-electron chi connectivity index (χ3n) is 2.33. The molecule has 2 N–H and O–H groups in total. The monoisotopic (exact) mass is 307 g/mol. The van der Waals surface area contributed by atoms with Gasteiger partial charge in [-0.1, -0.05) is 6.07 Å². The van der Waals surface area contributed by atoms with E-state index in [1.54, 1.807) is 0 Å². The van der Waals surface area contributed by atoms with Crippen LogP contribution in [0.15, 0.2) is 29.2 Å². The molecule has 5 nitrogen and oxygen atoms in total. The lowest BCUT2D eigenvalue weighted by Gasteiger charge is -2.26. The number of benzene rings is 1. The van der Waals surface area contributed by atoms with Gasteiger partial charge < -0.3 is 5.11 Å². The molecule has 1 rings (SSSR count). The lowest BCUT2D eigenvalue weighted by Crippen LogP contribution is -2.51. The second-order valence-electron chi connectivity index (χ2n) is 4.50. The van der Waals surface area contributed by atoms with Crippen molar-refractivity contribution in [2.24, 2.45) is 0 Å². The molecule has 0 saturated heterocycles. The number of sulfonamides is 1. The van der Waals surface area contributed by atoms with E-state index in [1.165, 1.54) is 26.0 Å². The van der Waals surface area contributed by atoms with Crippen molar-refractivity contribution < 1.29 is 22.7 Å². The minimum Gasteiger partial charge on any atom is -0.480 e. The van der Waals surface area contributed by atoms with Crippen LogP contribution in [0.3, 0.4) is 0 Å². The highest BCUT2D eigenvalue weighted by molar-refractivity contribution is 7.89. The number of carbonyl (C=O) groups is 1. The molecule has 0 aromatic heterocycles. The molecule has 0 bridgehead atoms. The number of thiol groups is 1. The average Bonchev–Trinajstić information content (AvgIpc) is 2.24. The molecular weight excluding hydrogens is 293 g/mol. The van der Waals surface area contributed by atoms with E-state index < -0.39 is 32.6 Å². The number of carboxylic acids is 1. The van der Waals surface area contributed by atoms with E-state index in [2.05, 4.69) is 12.6 Å². The Labute approximate surface area is 116 Å². The number of rotatable bonds is 5. The van der Waals surface area contributed by atoms with Gasteiger partial charge in [0.25, 0.3) is 0 Å². The quantitative estimate of drug-likeness (QED) is 0.715. The molecule has 0 radical (unpaired) electrons. The van der Waals surface area contributed by atoms with Crippen LogP contribution in [0.1, 0.15) is 13.8 Å². The van der Waals surface area contributed by atoms with Gasteiger partial charge in [0, 0.05) is 4.75 Å². The number of aliphatic carboxylic acids is 1. The smallest absolute Gasteiger partial charge is 0.323 e. The van der Waals surface area contributed by atoms with Crippen LogP contribution in [0.4, 0.5) is 4.39 Å². The topological polar surface area (TPSA) is 83.5 Å². The molecule has 0 amide bonds. The second kappa shape index (κ2) is 5.48. The highest BCUT2D eigenvalue weighted by Gasteiger charge is 2.36. The predicted octanol–water partition coefficient (Wildman–Crippen LogP) is 1.27. The van der Waals surface area contributed by atoms with E-state index in [1.807, 2.05) is 4.72 Å². The molecule has 106 valence electrons. The van der Waals surface area contributed by atoms with Gasteiger partial charge in [0.05, 0.1) is 4.90 Å². The standard InChI is InChI=1S/C11H14FNO4S2/c1-11(2,18)9(10(14)15)13-19(16,17)8-5-3-4-7(12)6-8/h3-6,9,13,18H,1-2H3,(H,14,15). The molecule has 1 unspecified atom stereocenters. The van der Waals surface area contributed by atoms with E-state index in [4.69, 9.17) is 5.11 Å². The second-order valence-corrected chi connectivity index (χ2v) is 7.37. The van der Waals surface area contributed by atoms with Crippen LogP contribution in [0, 0.1) is 5.82 Å². The van der Waals surface area contributed by atoms with Crippen molar-refractivity contribution in [2.75, 3.05) is 0 Å². The fraction of sp³-hybridized carbons (Fsp3) is 0.364. The number of halogens is 1. The fourth-order valence-corrected chi connectivity index (χ4v) is 2.98. The summed E-state index contributed by atoms with van der Waals surface area (Å²) in [4.78, 5) is 10.7. The third-order valence-corrected chi connectivity index (χ3v) is 4.01. The fourth-order valence-electron chi connectivity index (χ4n) is 1.35. The molecule has 0 heterocycles. The van der Waals surface area contributed by atoms with Gasteiger partial charge in [-0.15, -0.1) is 0 Å². The molecule has 8 heteroatoms. The molecule has 19 heavy (non-hydrogen) atoms. The van der Waals surface area contributed by atoms with Gasteiger partial charge in [0.15, 0.2) is 0 Å². The third kappa shape index (κ3) is 4.19.